The minimum absolute atomic E-state index is 0.204. The molecule has 16 heavy (non-hydrogen) atoms. The van der Waals surface area contributed by atoms with Crippen LogP contribution in [0.2, 0.25) is 0 Å². The largest absolute Gasteiger partial charge is 0.481 e. The lowest BCUT2D eigenvalue weighted by Crippen LogP contribution is -2.46. The number of carbonyl (C=O) groups excluding carboxylic acids is 1. The zero-order valence-electron chi connectivity index (χ0n) is 9.36. The third kappa shape index (κ3) is 1.44. The number of carbonyl (C=O) groups is 2. The van der Waals surface area contributed by atoms with E-state index in [0.29, 0.717) is 32.3 Å². The average molecular weight is 224 g/mol. The standard InChI is InChI=1S/C12H16O4/c1-2-16-10(15)12-6-3-11(4-7-12,5-8-12)9(13)14/h3,6H,2,4-5,7-8H2,1H3,(H,13,14). The maximum absolute atomic E-state index is 11.8. The van der Waals surface area contributed by atoms with Gasteiger partial charge in [0.05, 0.1) is 17.4 Å². The number of fused-ring (bicyclic) bond motifs is 2. The van der Waals surface area contributed by atoms with Crippen LogP contribution in [0.1, 0.15) is 32.6 Å². The Labute approximate surface area is 94.3 Å². The molecule has 3 aliphatic carbocycles. The van der Waals surface area contributed by atoms with Crippen LogP contribution in [0.4, 0.5) is 0 Å². The monoisotopic (exact) mass is 224 g/mol. The van der Waals surface area contributed by atoms with Gasteiger partial charge in [-0.2, -0.15) is 0 Å². The Bertz CT molecular complexity index is 348. The molecule has 0 atom stereocenters. The lowest BCUT2D eigenvalue weighted by atomic mass is 9.58. The fourth-order valence-corrected chi connectivity index (χ4v) is 2.63. The molecular formula is C12H16O4. The van der Waals surface area contributed by atoms with E-state index in [2.05, 4.69) is 0 Å². The zero-order chi connectivity index (χ0) is 11.8. The van der Waals surface area contributed by atoms with Crippen molar-refractivity contribution in [2.24, 2.45) is 10.8 Å². The highest BCUT2D eigenvalue weighted by Gasteiger charge is 2.52. The zero-order valence-corrected chi connectivity index (χ0v) is 9.36. The molecule has 0 unspecified atom stereocenters. The first-order chi connectivity index (χ1) is 7.55. The molecule has 1 N–H and O–H groups in total. The Morgan fingerprint density at radius 1 is 1.19 bits per heavy atom. The minimum Gasteiger partial charge on any atom is -0.481 e. The second-order valence-electron chi connectivity index (χ2n) is 4.67. The highest BCUT2D eigenvalue weighted by molar-refractivity contribution is 5.84. The van der Waals surface area contributed by atoms with E-state index in [9.17, 15) is 14.7 Å². The molecule has 88 valence electrons. The van der Waals surface area contributed by atoms with Crippen molar-refractivity contribution in [3.63, 3.8) is 0 Å². The van der Waals surface area contributed by atoms with Crippen LogP contribution in [0, 0.1) is 10.8 Å². The van der Waals surface area contributed by atoms with Crippen molar-refractivity contribution in [3.05, 3.63) is 12.2 Å². The van der Waals surface area contributed by atoms with Crippen LogP contribution in [-0.4, -0.2) is 23.7 Å². The molecule has 0 aliphatic heterocycles. The molecule has 3 rings (SSSR count). The van der Waals surface area contributed by atoms with Crippen molar-refractivity contribution in [1.29, 1.82) is 0 Å². The first kappa shape index (κ1) is 11.2. The SMILES string of the molecule is CCOC(=O)C12C=CC(C(=O)O)(CC1)CC2. The van der Waals surface area contributed by atoms with E-state index in [1.807, 2.05) is 0 Å². The van der Waals surface area contributed by atoms with Crippen molar-refractivity contribution in [3.8, 4) is 0 Å². The van der Waals surface area contributed by atoms with Crippen molar-refractivity contribution in [2.45, 2.75) is 32.6 Å². The van der Waals surface area contributed by atoms with Gasteiger partial charge in [0.15, 0.2) is 0 Å². The summed E-state index contributed by atoms with van der Waals surface area (Å²) in [6.07, 6.45) is 5.71. The summed E-state index contributed by atoms with van der Waals surface area (Å²) < 4.78 is 5.06. The van der Waals surface area contributed by atoms with Gasteiger partial charge in [0, 0.05) is 0 Å². The van der Waals surface area contributed by atoms with Gasteiger partial charge in [0.1, 0.15) is 0 Å². The van der Waals surface area contributed by atoms with E-state index in [0.717, 1.165) is 0 Å². The quantitative estimate of drug-likeness (QED) is 0.586. The molecule has 0 heterocycles. The van der Waals surface area contributed by atoms with E-state index in [4.69, 9.17) is 4.74 Å². The first-order valence-corrected chi connectivity index (χ1v) is 5.66. The lowest BCUT2D eigenvalue weighted by molar-refractivity contribution is -0.161. The minimum atomic E-state index is -0.777. The van der Waals surface area contributed by atoms with Gasteiger partial charge in [-0.25, -0.2) is 0 Å². The number of carboxylic acid groups (broad SMARTS) is 1. The number of ether oxygens (including phenoxy) is 1. The van der Waals surface area contributed by atoms with Crippen LogP contribution in [0.15, 0.2) is 12.2 Å². The maximum Gasteiger partial charge on any atom is 0.315 e. The number of rotatable bonds is 3. The van der Waals surface area contributed by atoms with Gasteiger partial charge in [-0.1, -0.05) is 12.2 Å². The van der Waals surface area contributed by atoms with Gasteiger partial charge < -0.3 is 9.84 Å². The first-order valence-electron chi connectivity index (χ1n) is 5.66. The van der Waals surface area contributed by atoms with E-state index >= 15 is 0 Å². The highest BCUT2D eigenvalue weighted by atomic mass is 16.5. The molecule has 0 radical (unpaired) electrons. The Morgan fingerprint density at radius 3 is 2.06 bits per heavy atom. The van der Waals surface area contributed by atoms with Gasteiger partial charge in [0.25, 0.3) is 0 Å². The average Bonchev–Trinajstić information content (AvgIpc) is 2.31. The molecule has 4 heteroatoms. The van der Waals surface area contributed by atoms with Gasteiger partial charge >= 0.3 is 11.9 Å². The van der Waals surface area contributed by atoms with Crippen molar-refractivity contribution < 1.29 is 19.4 Å². The summed E-state index contributed by atoms with van der Waals surface area (Å²) in [7, 11) is 0. The van der Waals surface area contributed by atoms with Crippen molar-refractivity contribution in [2.75, 3.05) is 6.61 Å². The number of esters is 1. The van der Waals surface area contributed by atoms with Crippen LogP contribution in [0.5, 0.6) is 0 Å². The predicted octanol–water partition coefficient (Wildman–Crippen LogP) is 1.75. The van der Waals surface area contributed by atoms with Crippen LogP contribution in [-0.2, 0) is 14.3 Å². The molecule has 2 bridgehead atoms. The molecule has 1 saturated carbocycles. The molecule has 0 aromatic rings. The number of aliphatic carboxylic acids is 1. The third-order valence-electron chi connectivity index (χ3n) is 3.86. The molecule has 1 fully saturated rings. The Hall–Kier alpha value is -1.32. The maximum atomic E-state index is 11.8. The number of hydrogen-bond donors (Lipinski definition) is 1. The third-order valence-corrected chi connectivity index (χ3v) is 3.86. The molecule has 0 amide bonds. The summed E-state index contributed by atoms with van der Waals surface area (Å²) in [5, 5.41) is 9.17. The molecule has 0 aromatic heterocycles. The Kier molecular flexibility index (Phi) is 2.52. The fourth-order valence-electron chi connectivity index (χ4n) is 2.63. The summed E-state index contributed by atoms with van der Waals surface area (Å²) in [4.78, 5) is 23.0. The molecule has 3 aliphatic rings. The van der Waals surface area contributed by atoms with E-state index in [1.54, 1.807) is 19.1 Å². The van der Waals surface area contributed by atoms with Crippen LogP contribution < -0.4 is 0 Å². The van der Waals surface area contributed by atoms with Gasteiger partial charge in [-0.15, -0.1) is 0 Å². The lowest BCUT2D eigenvalue weighted by Gasteiger charge is -2.44. The normalized spacial score (nSPS) is 36.1. The van der Waals surface area contributed by atoms with E-state index in [1.165, 1.54) is 0 Å². The highest BCUT2D eigenvalue weighted by Crippen LogP contribution is 2.52. The van der Waals surface area contributed by atoms with E-state index < -0.39 is 16.8 Å². The van der Waals surface area contributed by atoms with Gasteiger partial charge in [-0.05, 0) is 32.6 Å². The summed E-state index contributed by atoms with van der Waals surface area (Å²) in [5.41, 5.74) is -1.28. The van der Waals surface area contributed by atoms with Crippen molar-refractivity contribution in [1.82, 2.24) is 0 Å². The van der Waals surface area contributed by atoms with Gasteiger partial charge in [0.2, 0.25) is 0 Å². The predicted molar refractivity (Wildman–Crippen MR) is 56.7 cm³/mol. The second kappa shape index (κ2) is 3.61. The Morgan fingerprint density at radius 2 is 1.69 bits per heavy atom. The summed E-state index contributed by atoms with van der Waals surface area (Å²) in [6.45, 7) is 2.16. The summed E-state index contributed by atoms with van der Waals surface area (Å²) >= 11 is 0. The van der Waals surface area contributed by atoms with Gasteiger partial charge in [-0.3, -0.25) is 9.59 Å². The topological polar surface area (TPSA) is 63.6 Å². The molecule has 0 spiro atoms. The summed E-state index contributed by atoms with van der Waals surface area (Å²) in [6, 6.07) is 0. The molecular weight excluding hydrogens is 208 g/mol. The molecule has 0 aromatic carbocycles. The van der Waals surface area contributed by atoms with Crippen molar-refractivity contribution >= 4 is 11.9 Å². The van der Waals surface area contributed by atoms with Crippen LogP contribution in [0.3, 0.4) is 0 Å². The Balaban J connectivity index is 2.23. The summed E-state index contributed by atoms with van der Waals surface area (Å²) in [5.74, 6) is -0.981. The molecule has 4 nitrogen and oxygen atoms in total. The number of hydrogen-bond acceptors (Lipinski definition) is 3. The second-order valence-corrected chi connectivity index (χ2v) is 4.67. The number of carboxylic acids is 1. The van der Waals surface area contributed by atoms with E-state index in [-0.39, 0.29) is 5.97 Å². The fraction of sp³-hybridized carbons (Fsp3) is 0.667. The molecule has 0 saturated heterocycles. The van der Waals surface area contributed by atoms with Crippen LogP contribution >= 0.6 is 0 Å². The smallest absolute Gasteiger partial charge is 0.315 e. The van der Waals surface area contributed by atoms with Crippen LogP contribution in [0.25, 0.3) is 0 Å².